The summed E-state index contributed by atoms with van der Waals surface area (Å²) >= 11 is 1.50. The van der Waals surface area contributed by atoms with Crippen LogP contribution in [0.1, 0.15) is 15.9 Å². The van der Waals surface area contributed by atoms with E-state index in [0.29, 0.717) is 6.42 Å². The minimum absolute atomic E-state index is 0.0721. The molecule has 0 saturated carbocycles. The first-order chi connectivity index (χ1) is 7.25. The van der Waals surface area contributed by atoms with Gasteiger partial charge in [-0.05, 0) is 29.1 Å². The molecule has 0 N–H and O–H groups in total. The van der Waals surface area contributed by atoms with Gasteiger partial charge in [-0.15, -0.1) is 0 Å². The second-order valence-corrected chi connectivity index (χ2v) is 4.02. The second-order valence-electron chi connectivity index (χ2n) is 3.24. The van der Waals surface area contributed by atoms with Gasteiger partial charge in [-0.2, -0.15) is 11.3 Å². The number of hydrogen-bond acceptors (Lipinski definition) is 2. The summed E-state index contributed by atoms with van der Waals surface area (Å²) in [5.74, 6) is -0.204. The van der Waals surface area contributed by atoms with Gasteiger partial charge in [0, 0.05) is 17.4 Å². The Morgan fingerprint density at radius 1 is 1.20 bits per heavy atom. The number of Topliss-reactive ketones (excluding diaryl/α,β-unsaturated/α-hetero) is 1. The minimum Gasteiger partial charge on any atom is -0.294 e. The lowest BCUT2D eigenvalue weighted by Gasteiger charge is -1.98. The van der Waals surface area contributed by atoms with E-state index in [4.69, 9.17) is 0 Å². The summed E-state index contributed by atoms with van der Waals surface area (Å²) in [7, 11) is 0. The molecule has 0 amide bonds. The lowest BCUT2D eigenvalue weighted by molar-refractivity contribution is 0.0993. The normalized spacial score (nSPS) is 10.2. The third kappa shape index (κ3) is 2.50. The fourth-order valence-corrected chi connectivity index (χ4v) is 1.97. The van der Waals surface area contributed by atoms with E-state index in [0.717, 1.165) is 11.1 Å². The zero-order valence-corrected chi connectivity index (χ0v) is 8.76. The molecule has 0 unspecified atom stereocenters. The highest BCUT2D eigenvalue weighted by molar-refractivity contribution is 7.08. The first-order valence-corrected chi connectivity index (χ1v) is 5.50. The van der Waals surface area contributed by atoms with Crippen molar-refractivity contribution in [3.8, 4) is 0 Å². The number of rotatable bonds is 3. The Hall–Kier alpha value is -1.48. The molecule has 3 heteroatoms. The molecule has 1 aromatic heterocycles. The molecular weight excluding hydrogens is 211 g/mol. The Bertz CT molecular complexity index is 445. The van der Waals surface area contributed by atoms with Crippen molar-refractivity contribution in [1.82, 2.24) is 0 Å². The van der Waals surface area contributed by atoms with E-state index in [1.807, 2.05) is 10.8 Å². The van der Waals surface area contributed by atoms with Gasteiger partial charge < -0.3 is 0 Å². The van der Waals surface area contributed by atoms with Gasteiger partial charge in [0.05, 0.1) is 0 Å². The van der Waals surface area contributed by atoms with E-state index in [-0.39, 0.29) is 11.6 Å². The summed E-state index contributed by atoms with van der Waals surface area (Å²) in [6.07, 6.45) is 0.330. The molecule has 1 aromatic carbocycles. The molecule has 1 nitrogen and oxygen atoms in total. The number of benzene rings is 1. The molecule has 2 rings (SSSR count). The SMILES string of the molecule is O=C(Cc1ccc(F)cc1)c1ccsc1. The van der Waals surface area contributed by atoms with Crippen molar-refractivity contribution in [2.45, 2.75) is 6.42 Å². The lowest BCUT2D eigenvalue weighted by Crippen LogP contribution is -2.01. The van der Waals surface area contributed by atoms with Crippen molar-refractivity contribution in [1.29, 1.82) is 0 Å². The number of carbonyl (C=O) groups excluding carboxylic acids is 1. The maximum atomic E-state index is 12.6. The summed E-state index contributed by atoms with van der Waals surface area (Å²) < 4.78 is 12.6. The van der Waals surface area contributed by atoms with Crippen molar-refractivity contribution in [3.05, 3.63) is 58.0 Å². The van der Waals surface area contributed by atoms with E-state index in [1.54, 1.807) is 18.2 Å². The van der Waals surface area contributed by atoms with Crippen LogP contribution in [0.2, 0.25) is 0 Å². The Balaban J connectivity index is 2.09. The van der Waals surface area contributed by atoms with Crippen LogP contribution in [0.5, 0.6) is 0 Å². The van der Waals surface area contributed by atoms with Crippen LogP contribution in [0, 0.1) is 5.82 Å². The molecule has 0 bridgehead atoms. The molecular formula is C12H9FOS. The second kappa shape index (κ2) is 4.36. The zero-order valence-electron chi connectivity index (χ0n) is 7.94. The lowest BCUT2D eigenvalue weighted by atomic mass is 10.1. The van der Waals surface area contributed by atoms with Gasteiger partial charge in [0.15, 0.2) is 5.78 Å². The molecule has 0 aliphatic heterocycles. The van der Waals surface area contributed by atoms with Gasteiger partial charge >= 0.3 is 0 Å². The van der Waals surface area contributed by atoms with Crippen LogP contribution in [0.3, 0.4) is 0 Å². The molecule has 0 aliphatic carbocycles. The molecule has 0 radical (unpaired) electrons. The predicted molar refractivity (Wildman–Crippen MR) is 58.8 cm³/mol. The number of thiophene rings is 1. The third-order valence-corrected chi connectivity index (χ3v) is 2.80. The van der Waals surface area contributed by atoms with E-state index >= 15 is 0 Å². The predicted octanol–water partition coefficient (Wildman–Crippen LogP) is 3.31. The maximum absolute atomic E-state index is 12.6. The molecule has 0 saturated heterocycles. The molecule has 1 heterocycles. The Morgan fingerprint density at radius 3 is 2.53 bits per heavy atom. The Labute approximate surface area is 91.2 Å². The van der Waals surface area contributed by atoms with Crippen LogP contribution in [0.4, 0.5) is 4.39 Å². The minimum atomic E-state index is -0.276. The first-order valence-electron chi connectivity index (χ1n) is 4.55. The van der Waals surface area contributed by atoms with E-state index in [9.17, 15) is 9.18 Å². The van der Waals surface area contributed by atoms with Crippen molar-refractivity contribution < 1.29 is 9.18 Å². The Morgan fingerprint density at radius 2 is 1.93 bits per heavy atom. The highest BCUT2D eigenvalue weighted by atomic mass is 32.1. The zero-order chi connectivity index (χ0) is 10.7. The standard InChI is InChI=1S/C12H9FOS/c13-11-3-1-9(2-4-11)7-12(14)10-5-6-15-8-10/h1-6,8H,7H2. The molecule has 76 valence electrons. The smallest absolute Gasteiger partial charge is 0.168 e. The van der Waals surface area contributed by atoms with Gasteiger partial charge in [-0.3, -0.25) is 4.79 Å². The first kappa shape index (κ1) is 10.1. The fraction of sp³-hybridized carbons (Fsp3) is 0.0833. The largest absolute Gasteiger partial charge is 0.294 e. The van der Waals surface area contributed by atoms with Crippen LogP contribution < -0.4 is 0 Å². The van der Waals surface area contributed by atoms with Crippen LogP contribution in [-0.4, -0.2) is 5.78 Å². The summed E-state index contributed by atoms with van der Waals surface area (Å²) in [5, 5.41) is 3.70. The highest BCUT2D eigenvalue weighted by Crippen LogP contribution is 2.11. The van der Waals surface area contributed by atoms with Gasteiger partial charge in [0.1, 0.15) is 5.82 Å². The molecule has 15 heavy (non-hydrogen) atoms. The van der Waals surface area contributed by atoms with Crippen LogP contribution in [0.15, 0.2) is 41.1 Å². The van der Waals surface area contributed by atoms with E-state index in [1.165, 1.54) is 23.5 Å². The van der Waals surface area contributed by atoms with E-state index in [2.05, 4.69) is 0 Å². The van der Waals surface area contributed by atoms with Gasteiger partial charge in [0.2, 0.25) is 0 Å². The van der Waals surface area contributed by atoms with Crippen molar-refractivity contribution in [3.63, 3.8) is 0 Å². The summed E-state index contributed by atoms with van der Waals surface area (Å²) in [5.41, 5.74) is 1.57. The number of carbonyl (C=O) groups is 1. The van der Waals surface area contributed by atoms with Crippen LogP contribution in [-0.2, 0) is 6.42 Å². The van der Waals surface area contributed by atoms with Gasteiger partial charge in [-0.1, -0.05) is 12.1 Å². The van der Waals surface area contributed by atoms with Gasteiger partial charge in [0.25, 0.3) is 0 Å². The van der Waals surface area contributed by atoms with Crippen molar-refractivity contribution in [2.75, 3.05) is 0 Å². The number of ketones is 1. The Kier molecular flexibility index (Phi) is 2.92. The molecule has 0 fully saturated rings. The summed E-state index contributed by atoms with van der Waals surface area (Å²) in [6, 6.07) is 7.82. The fourth-order valence-electron chi connectivity index (χ4n) is 1.31. The summed E-state index contributed by atoms with van der Waals surface area (Å²) in [4.78, 5) is 11.7. The molecule has 0 spiro atoms. The number of hydrogen-bond donors (Lipinski definition) is 0. The average molecular weight is 220 g/mol. The van der Waals surface area contributed by atoms with E-state index < -0.39 is 0 Å². The van der Waals surface area contributed by atoms with Crippen molar-refractivity contribution in [2.24, 2.45) is 0 Å². The van der Waals surface area contributed by atoms with Crippen molar-refractivity contribution >= 4 is 17.1 Å². The average Bonchev–Trinajstić information content (AvgIpc) is 2.74. The highest BCUT2D eigenvalue weighted by Gasteiger charge is 2.06. The maximum Gasteiger partial charge on any atom is 0.168 e. The van der Waals surface area contributed by atoms with Crippen LogP contribution >= 0.6 is 11.3 Å². The summed E-state index contributed by atoms with van der Waals surface area (Å²) in [6.45, 7) is 0. The molecule has 0 aliphatic rings. The van der Waals surface area contributed by atoms with Crippen LogP contribution in [0.25, 0.3) is 0 Å². The molecule has 0 atom stereocenters. The monoisotopic (exact) mass is 220 g/mol. The topological polar surface area (TPSA) is 17.1 Å². The quantitative estimate of drug-likeness (QED) is 0.725. The van der Waals surface area contributed by atoms with Gasteiger partial charge in [-0.25, -0.2) is 4.39 Å². The molecule has 2 aromatic rings. The third-order valence-electron chi connectivity index (χ3n) is 2.12. The number of halogens is 1.